The lowest BCUT2D eigenvalue weighted by Gasteiger charge is -2.08. The first-order valence-corrected chi connectivity index (χ1v) is 4.81. The minimum Gasteiger partial charge on any atom is -0.480 e. The summed E-state index contributed by atoms with van der Waals surface area (Å²) in [6, 6.07) is 4.25. The highest BCUT2D eigenvalue weighted by atomic mass is 35.5. The number of halogens is 2. The summed E-state index contributed by atoms with van der Waals surface area (Å²) < 4.78 is 13.4. The van der Waals surface area contributed by atoms with Crippen molar-refractivity contribution in [2.24, 2.45) is 5.73 Å². The van der Waals surface area contributed by atoms with Gasteiger partial charge < -0.3 is 10.8 Å². The minimum atomic E-state index is -1.36. The standard InChI is InChI=1S/C10H9ClFNO2/c11-6-2-1-3-7(12)8(6)5-4-10(5,13)9(14)15/h1-3,5H,4,13H2,(H,14,15)/t5-,10+/m0/s1. The summed E-state index contributed by atoms with van der Waals surface area (Å²) in [5.74, 6) is -2.14. The van der Waals surface area contributed by atoms with E-state index in [0.29, 0.717) is 0 Å². The predicted molar refractivity (Wildman–Crippen MR) is 53.3 cm³/mol. The number of carboxylic acid groups (broad SMARTS) is 1. The van der Waals surface area contributed by atoms with Crippen molar-refractivity contribution in [1.29, 1.82) is 0 Å². The van der Waals surface area contributed by atoms with Gasteiger partial charge in [-0.05, 0) is 18.6 Å². The van der Waals surface area contributed by atoms with Gasteiger partial charge in [0, 0.05) is 16.5 Å². The second-order valence-corrected chi connectivity index (χ2v) is 4.14. The molecule has 5 heteroatoms. The van der Waals surface area contributed by atoms with Crippen LogP contribution in [0.1, 0.15) is 17.9 Å². The van der Waals surface area contributed by atoms with E-state index >= 15 is 0 Å². The average Bonchev–Trinajstić information content (AvgIpc) is 2.79. The zero-order valence-corrected chi connectivity index (χ0v) is 8.46. The Morgan fingerprint density at radius 3 is 2.80 bits per heavy atom. The van der Waals surface area contributed by atoms with E-state index in [1.54, 1.807) is 0 Å². The van der Waals surface area contributed by atoms with E-state index in [-0.39, 0.29) is 17.0 Å². The Morgan fingerprint density at radius 2 is 2.33 bits per heavy atom. The normalized spacial score (nSPS) is 28.9. The quantitative estimate of drug-likeness (QED) is 0.812. The summed E-state index contributed by atoms with van der Waals surface area (Å²) in [6.45, 7) is 0. The third-order valence-electron chi connectivity index (χ3n) is 2.75. The van der Waals surface area contributed by atoms with Crippen molar-refractivity contribution in [3.63, 3.8) is 0 Å². The average molecular weight is 230 g/mol. The van der Waals surface area contributed by atoms with Gasteiger partial charge in [-0.1, -0.05) is 17.7 Å². The first-order valence-electron chi connectivity index (χ1n) is 4.43. The lowest BCUT2D eigenvalue weighted by molar-refractivity contribution is -0.139. The van der Waals surface area contributed by atoms with E-state index in [1.807, 2.05) is 0 Å². The number of nitrogens with two attached hydrogens (primary N) is 1. The summed E-state index contributed by atoms with van der Waals surface area (Å²) in [5, 5.41) is 9.07. The maximum atomic E-state index is 13.4. The molecule has 3 nitrogen and oxygen atoms in total. The van der Waals surface area contributed by atoms with Crippen LogP contribution in [0, 0.1) is 5.82 Å². The summed E-state index contributed by atoms with van der Waals surface area (Å²) in [6.07, 6.45) is 0.225. The molecule has 0 bridgehead atoms. The number of hydrogen-bond acceptors (Lipinski definition) is 2. The van der Waals surface area contributed by atoms with E-state index < -0.39 is 23.2 Å². The van der Waals surface area contributed by atoms with Crippen LogP contribution in [0.25, 0.3) is 0 Å². The fourth-order valence-corrected chi connectivity index (χ4v) is 2.01. The van der Waals surface area contributed by atoms with Crippen molar-refractivity contribution in [1.82, 2.24) is 0 Å². The zero-order chi connectivity index (χ0) is 11.2. The lowest BCUT2D eigenvalue weighted by atomic mass is 10.1. The lowest BCUT2D eigenvalue weighted by Crippen LogP contribution is -2.34. The highest BCUT2D eigenvalue weighted by molar-refractivity contribution is 6.31. The molecule has 0 radical (unpaired) electrons. The van der Waals surface area contributed by atoms with Crippen molar-refractivity contribution >= 4 is 17.6 Å². The van der Waals surface area contributed by atoms with Crippen LogP contribution in [0.2, 0.25) is 5.02 Å². The molecule has 1 fully saturated rings. The molecule has 3 N–H and O–H groups in total. The molecule has 1 aromatic rings. The van der Waals surface area contributed by atoms with Gasteiger partial charge in [-0.25, -0.2) is 4.39 Å². The number of hydrogen-bond donors (Lipinski definition) is 2. The number of rotatable bonds is 2. The molecular weight excluding hydrogens is 221 g/mol. The van der Waals surface area contributed by atoms with Crippen LogP contribution in [0.3, 0.4) is 0 Å². The molecule has 0 amide bonds. The van der Waals surface area contributed by atoms with E-state index in [2.05, 4.69) is 0 Å². The van der Waals surface area contributed by atoms with Crippen molar-refractivity contribution in [3.8, 4) is 0 Å². The van der Waals surface area contributed by atoms with Crippen LogP contribution < -0.4 is 5.73 Å². The topological polar surface area (TPSA) is 63.3 Å². The van der Waals surface area contributed by atoms with Crippen LogP contribution in [-0.2, 0) is 4.79 Å². The molecule has 80 valence electrons. The second kappa shape index (κ2) is 3.18. The molecule has 0 saturated heterocycles. The molecule has 1 saturated carbocycles. The van der Waals surface area contributed by atoms with Crippen LogP contribution in [-0.4, -0.2) is 16.6 Å². The van der Waals surface area contributed by atoms with Crippen molar-refractivity contribution in [2.45, 2.75) is 17.9 Å². The highest BCUT2D eigenvalue weighted by Crippen LogP contribution is 2.52. The largest absolute Gasteiger partial charge is 0.480 e. The van der Waals surface area contributed by atoms with Crippen LogP contribution >= 0.6 is 11.6 Å². The Kier molecular flexibility index (Phi) is 2.20. The molecule has 2 rings (SSSR count). The van der Waals surface area contributed by atoms with Crippen molar-refractivity contribution in [2.75, 3.05) is 0 Å². The number of carboxylic acids is 1. The van der Waals surface area contributed by atoms with Crippen molar-refractivity contribution in [3.05, 3.63) is 34.6 Å². The van der Waals surface area contributed by atoms with Crippen molar-refractivity contribution < 1.29 is 14.3 Å². The maximum absolute atomic E-state index is 13.4. The molecule has 1 aliphatic carbocycles. The van der Waals surface area contributed by atoms with Gasteiger partial charge in [0.2, 0.25) is 0 Å². The summed E-state index contributed by atoms with van der Waals surface area (Å²) >= 11 is 5.81. The fraction of sp³-hybridized carbons (Fsp3) is 0.300. The molecule has 1 aliphatic rings. The molecular formula is C10H9ClFNO2. The van der Waals surface area contributed by atoms with Crippen LogP contribution in [0.5, 0.6) is 0 Å². The highest BCUT2D eigenvalue weighted by Gasteiger charge is 2.59. The van der Waals surface area contributed by atoms with Gasteiger partial charge in [-0.15, -0.1) is 0 Å². The number of aliphatic carboxylic acids is 1. The molecule has 15 heavy (non-hydrogen) atoms. The Bertz CT molecular complexity index is 417. The maximum Gasteiger partial charge on any atom is 0.324 e. The molecule has 2 atom stereocenters. The van der Waals surface area contributed by atoms with Crippen LogP contribution in [0.4, 0.5) is 4.39 Å². The monoisotopic (exact) mass is 229 g/mol. The summed E-state index contributed by atoms with van der Waals surface area (Å²) in [5.41, 5.74) is 4.44. The molecule has 0 heterocycles. The van der Waals surface area contributed by atoms with Gasteiger partial charge in [0.25, 0.3) is 0 Å². The van der Waals surface area contributed by atoms with Gasteiger partial charge in [-0.3, -0.25) is 4.79 Å². The molecule has 0 unspecified atom stereocenters. The van der Waals surface area contributed by atoms with E-state index in [9.17, 15) is 9.18 Å². The Balaban J connectivity index is 2.39. The van der Waals surface area contributed by atoms with Crippen LogP contribution in [0.15, 0.2) is 18.2 Å². The third-order valence-corrected chi connectivity index (χ3v) is 3.08. The first kappa shape index (κ1) is 10.4. The summed E-state index contributed by atoms with van der Waals surface area (Å²) in [4.78, 5) is 10.8. The molecule has 0 aromatic heterocycles. The first-order chi connectivity index (χ1) is 6.97. The smallest absolute Gasteiger partial charge is 0.324 e. The summed E-state index contributed by atoms with van der Waals surface area (Å²) in [7, 11) is 0. The van der Waals surface area contributed by atoms with E-state index in [1.165, 1.54) is 18.2 Å². The molecule has 1 aromatic carbocycles. The Labute approximate surface area is 90.6 Å². The third kappa shape index (κ3) is 1.50. The van der Waals surface area contributed by atoms with Gasteiger partial charge in [-0.2, -0.15) is 0 Å². The van der Waals surface area contributed by atoms with Gasteiger partial charge in [0.1, 0.15) is 11.4 Å². The zero-order valence-electron chi connectivity index (χ0n) is 7.71. The predicted octanol–water partition coefficient (Wildman–Crippen LogP) is 1.75. The SMILES string of the molecule is N[C@]1(C(=O)O)C[C@H]1c1c(F)cccc1Cl. The number of benzene rings is 1. The molecule has 0 aliphatic heterocycles. The number of carbonyl (C=O) groups is 1. The Hall–Kier alpha value is -1.13. The molecule has 0 spiro atoms. The van der Waals surface area contributed by atoms with Gasteiger partial charge in [0.15, 0.2) is 0 Å². The van der Waals surface area contributed by atoms with E-state index in [4.69, 9.17) is 22.4 Å². The Morgan fingerprint density at radius 1 is 1.67 bits per heavy atom. The van der Waals surface area contributed by atoms with E-state index in [0.717, 1.165) is 0 Å². The van der Waals surface area contributed by atoms with Gasteiger partial charge >= 0.3 is 5.97 Å². The van der Waals surface area contributed by atoms with Gasteiger partial charge in [0.05, 0.1) is 0 Å². The minimum absolute atomic E-state index is 0.212. The second-order valence-electron chi connectivity index (χ2n) is 3.74. The fourth-order valence-electron chi connectivity index (χ4n) is 1.72.